The fourth-order valence-corrected chi connectivity index (χ4v) is 2.90. The number of rotatable bonds is 2. The van der Waals surface area contributed by atoms with Gasteiger partial charge in [0.2, 0.25) is 0 Å². The van der Waals surface area contributed by atoms with Gasteiger partial charge < -0.3 is 4.90 Å². The van der Waals surface area contributed by atoms with Crippen LogP contribution in [0.5, 0.6) is 0 Å². The van der Waals surface area contributed by atoms with E-state index in [0.29, 0.717) is 18.1 Å². The van der Waals surface area contributed by atoms with Crippen LogP contribution in [0, 0.1) is 5.82 Å². The highest BCUT2D eigenvalue weighted by atomic mass is 35.5. The Kier molecular flexibility index (Phi) is 3.88. The highest BCUT2D eigenvalue weighted by Gasteiger charge is 2.29. The van der Waals surface area contributed by atoms with E-state index in [1.54, 1.807) is 4.90 Å². The molecule has 3 rings (SSSR count). The largest absolute Gasteiger partial charge is 0.338 e. The summed E-state index contributed by atoms with van der Waals surface area (Å²) in [5.74, 6) is -0.606. The Labute approximate surface area is 127 Å². The fourth-order valence-electron chi connectivity index (χ4n) is 2.70. The van der Waals surface area contributed by atoms with E-state index in [4.69, 9.17) is 11.6 Å². The number of aromatic nitrogens is 1. The monoisotopic (exact) mass is 304 g/mol. The van der Waals surface area contributed by atoms with Crippen LogP contribution < -0.4 is 0 Å². The third kappa shape index (κ3) is 2.90. The van der Waals surface area contributed by atoms with E-state index in [9.17, 15) is 9.18 Å². The summed E-state index contributed by atoms with van der Waals surface area (Å²) in [5.41, 5.74) is 1.20. The van der Waals surface area contributed by atoms with Crippen LogP contribution in [0.4, 0.5) is 4.39 Å². The molecule has 21 heavy (non-hydrogen) atoms. The molecule has 1 atom stereocenters. The van der Waals surface area contributed by atoms with Gasteiger partial charge in [0.25, 0.3) is 5.91 Å². The van der Waals surface area contributed by atoms with Crippen molar-refractivity contribution >= 4 is 17.5 Å². The number of pyridine rings is 1. The van der Waals surface area contributed by atoms with Gasteiger partial charge in [-0.25, -0.2) is 4.39 Å². The van der Waals surface area contributed by atoms with Crippen LogP contribution in [0.3, 0.4) is 0 Å². The molecule has 1 aliphatic heterocycles. The molecule has 1 saturated heterocycles. The Hall–Kier alpha value is -1.94. The van der Waals surface area contributed by atoms with Crippen LogP contribution in [-0.4, -0.2) is 28.9 Å². The van der Waals surface area contributed by atoms with Crippen LogP contribution in [0.1, 0.15) is 28.3 Å². The van der Waals surface area contributed by atoms with Crippen molar-refractivity contribution in [2.75, 3.05) is 13.1 Å². The summed E-state index contributed by atoms with van der Waals surface area (Å²) in [5, 5.41) is 0.692. The van der Waals surface area contributed by atoms with E-state index in [2.05, 4.69) is 4.98 Å². The summed E-state index contributed by atoms with van der Waals surface area (Å²) < 4.78 is 13.6. The van der Waals surface area contributed by atoms with Gasteiger partial charge >= 0.3 is 0 Å². The topological polar surface area (TPSA) is 33.2 Å². The van der Waals surface area contributed by atoms with Crippen molar-refractivity contribution in [2.24, 2.45) is 0 Å². The second kappa shape index (κ2) is 5.82. The van der Waals surface area contributed by atoms with Crippen LogP contribution >= 0.6 is 11.6 Å². The molecule has 0 radical (unpaired) electrons. The minimum absolute atomic E-state index is 0.0803. The molecule has 1 unspecified atom stereocenters. The first-order valence-electron chi connectivity index (χ1n) is 6.79. The molecule has 0 spiro atoms. The van der Waals surface area contributed by atoms with E-state index in [0.717, 1.165) is 18.2 Å². The SMILES string of the molecule is O=C(c1ccncc1F)N1CCC(c2cccc(Cl)c2)C1. The summed E-state index contributed by atoms with van der Waals surface area (Å²) in [6.45, 7) is 1.21. The van der Waals surface area contributed by atoms with Gasteiger partial charge in [-0.3, -0.25) is 9.78 Å². The second-order valence-corrected chi connectivity index (χ2v) is 5.58. The number of carbonyl (C=O) groups excluding carboxylic acids is 1. The molecular weight excluding hydrogens is 291 g/mol. The van der Waals surface area contributed by atoms with Gasteiger partial charge in [-0.15, -0.1) is 0 Å². The first-order valence-corrected chi connectivity index (χ1v) is 7.17. The minimum Gasteiger partial charge on any atom is -0.338 e. The standard InChI is InChI=1S/C16H14ClFN2O/c17-13-3-1-2-11(8-13)12-5-7-20(10-12)16(21)14-4-6-19-9-15(14)18/h1-4,6,8-9,12H,5,7,10H2. The third-order valence-corrected chi connectivity index (χ3v) is 4.03. The summed E-state index contributed by atoms with van der Waals surface area (Å²) in [6.07, 6.45) is 3.36. The van der Waals surface area contributed by atoms with Gasteiger partial charge in [0.15, 0.2) is 5.82 Å². The predicted molar refractivity (Wildman–Crippen MR) is 78.9 cm³/mol. The van der Waals surface area contributed by atoms with Gasteiger partial charge in [-0.05, 0) is 30.2 Å². The van der Waals surface area contributed by atoms with Crippen LogP contribution in [-0.2, 0) is 0 Å². The van der Waals surface area contributed by atoms with E-state index in [1.807, 2.05) is 24.3 Å². The molecule has 3 nitrogen and oxygen atoms in total. The zero-order valence-electron chi connectivity index (χ0n) is 11.3. The number of carbonyl (C=O) groups is 1. The number of amides is 1. The molecular formula is C16H14ClFN2O. The summed E-state index contributed by atoms with van der Waals surface area (Å²) in [4.78, 5) is 17.7. The van der Waals surface area contributed by atoms with Crippen molar-refractivity contribution in [3.63, 3.8) is 0 Å². The lowest BCUT2D eigenvalue weighted by Gasteiger charge is -2.17. The average molecular weight is 305 g/mol. The molecule has 1 amide bonds. The van der Waals surface area contributed by atoms with Gasteiger partial charge in [0, 0.05) is 30.2 Å². The van der Waals surface area contributed by atoms with Crippen LogP contribution in [0.2, 0.25) is 5.02 Å². The van der Waals surface area contributed by atoms with E-state index in [1.165, 1.54) is 12.3 Å². The maximum absolute atomic E-state index is 13.6. The Bertz CT molecular complexity index is 677. The van der Waals surface area contributed by atoms with Crippen LogP contribution in [0.15, 0.2) is 42.7 Å². The van der Waals surface area contributed by atoms with Crippen molar-refractivity contribution in [2.45, 2.75) is 12.3 Å². The molecule has 0 N–H and O–H groups in total. The van der Waals surface area contributed by atoms with Gasteiger partial charge in [0.05, 0.1) is 11.8 Å². The Balaban J connectivity index is 1.75. The molecule has 2 aromatic rings. The van der Waals surface area contributed by atoms with E-state index < -0.39 is 5.82 Å². The summed E-state index contributed by atoms with van der Waals surface area (Å²) in [7, 11) is 0. The zero-order chi connectivity index (χ0) is 14.8. The molecule has 2 heterocycles. The quantitative estimate of drug-likeness (QED) is 0.850. The molecule has 0 saturated carbocycles. The molecule has 5 heteroatoms. The highest BCUT2D eigenvalue weighted by molar-refractivity contribution is 6.30. The van der Waals surface area contributed by atoms with Gasteiger partial charge in [0.1, 0.15) is 0 Å². The number of likely N-dealkylation sites (tertiary alicyclic amines) is 1. The third-order valence-electron chi connectivity index (χ3n) is 3.80. The first kappa shape index (κ1) is 14.0. The maximum Gasteiger partial charge on any atom is 0.256 e. The average Bonchev–Trinajstić information content (AvgIpc) is 2.97. The number of hydrogen-bond acceptors (Lipinski definition) is 2. The second-order valence-electron chi connectivity index (χ2n) is 5.15. The first-order chi connectivity index (χ1) is 10.1. The molecule has 0 bridgehead atoms. The molecule has 108 valence electrons. The number of halogens is 2. The Morgan fingerprint density at radius 3 is 3.00 bits per heavy atom. The number of nitrogens with zero attached hydrogens (tertiary/aromatic N) is 2. The van der Waals surface area contributed by atoms with Gasteiger partial charge in [-0.1, -0.05) is 23.7 Å². The lowest BCUT2D eigenvalue weighted by atomic mass is 9.99. The Morgan fingerprint density at radius 1 is 1.38 bits per heavy atom. The van der Waals surface area contributed by atoms with Crippen molar-refractivity contribution < 1.29 is 9.18 Å². The summed E-state index contributed by atoms with van der Waals surface area (Å²) >= 11 is 6.00. The number of hydrogen-bond donors (Lipinski definition) is 0. The van der Waals surface area contributed by atoms with Crippen molar-refractivity contribution in [1.82, 2.24) is 9.88 Å². The fraction of sp³-hybridized carbons (Fsp3) is 0.250. The van der Waals surface area contributed by atoms with Gasteiger partial charge in [-0.2, -0.15) is 0 Å². The van der Waals surface area contributed by atoms with E-state index >= 15 is 0 Å². The molecule has 0 aliphatic carbocycles. The summed E-state index contributed by atoms with van der Waals surface area (Å²) in [6, 6.07) is 9.09. The smallest absolute Gasteiger partial charge is 0.256 e. The normalized spacial score (nSPS) is 18.0. The predicted octanol–water partition coefficient (Wildman–Crippen LogP) is 3.50. The highest BCUT2D eigenvalue weighted by Crippen LogP contribution is 2.29. The lowest BCUT2D eigenvalue weighted by Crippen LogP contribution is -2.29. The molecule has 1 fully saturated rings. The van der Waals surface area contributed by atoms with Crippen molar-refractivity contribution in [3.05, 3.63) is 64.7 Å². The van der Waals surface area contributed by atoms with Crippen LogP contribution in [0.25, 0.3) is 0 Å². The van der Waals surface area contributed by atoms with E-state index in [-0.39, 0.29) is 17.4 Å². The van der Waals surface area contributed by atoms with Crippen molar-refractivity contribution in [1.29, 1.82) is 0 Å². The molecule has 1 aliphatic rings. The minimum atomic E-state index is -0.575. The lowest BCUT2D eigenvalue weighted by molar-refractivity contribution is 0.0786. The number of benzene rings is 1. The maximum atomic E-state index is 13.6. The Morgan fingerprint density at radius 2 is 2.24 bits per heavy atom. The van der Waals surface area contributed by atoms with Crippen molar-refractivity contribution in [3.8, 4) is 0 Å². The zero-order valence-corrected chi connectivity index (χ0v) is 12.1. The molecule has 1 aromatic heterocycles. The molecule has 1 aromatic carbocycles.